The molecule has 0 radical (unpaired) electrons. The summed E-state index contributed by atoms with van der Waals surface area (Å²) in [6.45, 7) is 3.91. The molecule has 3 aromatic carbocycles. The number of benzene rings is 3. The van der Waals surface area contributed by atoms with Crippen LogP contribution in [-0.4, -0.2) is 11.8 Å². The van der Waals surface area contributed by atoms with Crippen molar-refractivity contribution >= 4 is 28.8 Å². The Kier molecular flexibility index (Phi) is 4.91. The first-order valence-corrected chi connectivity index (χ1v) is 9.52. The van der Waals surface area contributed by atoms with E-state index in [1.165, 1.54) is 0 Å². The van der Waals surface area contributed by atoms with Gasteiger partial charge in [0.2, 0.25) is 0 Å². The smallest absolute Gasteiger partial charge is 0.282 e. The van der Waals surface area contributed by atoms with Crippen LogP contribution in [0.2, 0.25) is 0 Å². The number of hydrogen-bond donors (Lipinski definition) is 1. The van der Waals surface area contributed by atoms with Gasteiger partial charge in [-0.3, -0.25) is 9.59 Å². The molecule has 0 aromatic heterocycles. The molecule has 5 heteroatoms. The van der Waals surface area contributed by atoms with Gasteiger partial charge in [0.15, 0.2) is 0 Å². The molecule has 4 rings (SSSR count). The fraction of sp³-hybridized carbons (Fsp3) is 0.0800. The van der Waals surface area contributed by atoms with Crippen molar-refractivity contribution < 1.29 is 9.59 Å². The van der Waals surface area contributed by atoms with Crippen LogP contribution in [0, 0.1) is 25.2 Å². The predicted octanol–water partition coefficient (Wildman–Crippen LogP) is 4.57. The number of hydrogen-bond acceptors (Lipinski definition) is 4. The van der Waals surface area contributed by atoms with E-state index in [2.05, 4.69) is 5.32 Å². The van der Waals surface area contributed by atoms with Gasteiger partial charge in [0.05, 0.1) is 22.9 Å². The number of nitrogens with one attached hydrogen (secondary N) is 1. The largest absolute Gasteiger partial charge is 0.350 e. The van der Waals surface area contributed by atoms with Crippen molar-refractivity contribution in [1.82, 2.24) is 0 Å². The van der Waals surface area contributed by atoms with Gasteiger partial charge in [-0.1, -0.05) is 48.0 Å². The highest BCUT2D eigenvalue weighted by molar-refractivity contribution is 6.46. The Bertz CT molecular complexity index is 1220. The summed E-state index contributed by atoms with van der Waals surface area (Å²) in [7, 11) is 0. The maximum Gasteiger partial charge on any atom is 0.282 e. The van der Waals surface area contributed by atoms with Crippen LogP contribution < -0.4 is 10.2 Å². The van der Waals surface area contributed by atoms with E-state index >= 15 is 0 Å². The van der Waals surface area contributed by atoms with E-state index < -0.39 is 11.8 Å². The molecular formula is C25H19N3O2. The predicted molar refractivity (Wildman–Crippen MR) is 117 cm³/mol. The number of imide groups is 1. The molecule has 0 saturated carbocycles. The molecule has 0 unspecified atom stereocenters. The molecule has 30 heavy (non-hydrogen) atoms. The SMILES string of the molecule is Cc1ccc(C2=C(Nc3ccccc3C)C(=O)N(c3ccc(C#N)cc3)C2=O)cc1. The third-order valence-corrected chi connectivity index (χ3v) is 5.08. The lowest BCUT2D eigenvalue weighted by molar-refractivity contribution is -0.120. The summed E-state index contributed by atoms with van der Waals surface area (Å²) in [6.07, 6.45) is 0. The molecule has 3 aromatic rings. The van der Waals surface area contributed by atoms with E-state index in [1.807, 2.05) is 68.4 Å². The highest BCUT2D eigenvalue weighted by Crippen LogP contribution is 2.34. The molecule has 0 aliphatic carbocycles. The zero-order valence-corrected chi connectivity index (χ0v) is 16.6. The number of amides is 2. The van der Waals surface area contributed by atoms with Gasteiger partial charge in [0.1, 0.15) is 5.70 Å². The van der Waals surface area contributed by atoms with E-state index in [9.17, 15) is 9.59 Å². The van der Waals surface area contributed by atoms with Crippen LogP contribution in [0.25, 0.3) is 5.57 Å². The van der Waals surface area contributed by atoms with Crippen LogP contribution in [0.1, 0.15) is 22.3 Å². The summed E-state index contributed by atoms with van der Waals surface area (Å²) < 4.78 is 0. The van der Waals surface area contributed by atoms with E-state index in [4.69, 9.17) is 5.26 Å². The van der Waals surface area contributed by atoms with Crippen molar-refractivity contribution in [2.45, 2.75) is 13.8 Å². The lowest BCUT2D eigenvalue weighted by Gasteiger charge is -2.15. The lowest BCUT2D eigenvalue weighted by Crippen LogP contribution is -2.32. The van der Waals surface area contributed by atoms with E-state index in [0.717, 1.165) is 21.7 Å². The van der Waals surface area contributed by atoms with Crippen LogP contribution in [0.3, 0.4) is 0 Å². The van der Waals surface area contributed by atoms with Gasteiger partial charge in [0.25, 0.3) is 11.8 Å². The van der Waals surface area contributed by atoms with Crippen LogP contribution in [0.5, 0.6) is 0 Å². The van der Waals surface area contributed by atoms with E-state index in [1.54, 1.807) is 24.3 Å². The molecule has 1 N–H and O–H groups in total. The number of carbonyl (C=O) groups excluding carboxylic acids is 2. The first-order valence-electron chi connectivity index (χ1n) is 9.52. The topological polar surface area (TPSA) is 73.2 Å². The van der Waals surface area contributed by atoms with Gasteiger partial charge in [-0.05, 0) is 55.3 Å². The second kappa shape index (κ2) is 7.69. The first kappa shape index (κ1) is 19.2. The van der Waals surface area contributed by atoms with Crippen LogP contribution in [0.4, 0.5) is 11.4 Å². The van der Waals surface area contributed by atoms with Gasteiger partial charge in [0, 0.05) is 5.69 Å². The Morgan fingerprint density at radius 1 is 0.833 bits per heavy atom. The lowest BCUT2D eigenvalue weighted by atomic mass is 10.0. The molecule has 0 spiro atoms. The third kappa shape index (κ3) is 3.36. The summed E-state index contributed by atoms with van der Waals surface area (Å²) >= 11 is 0. The number of aryl methyl sites for hydroxylation is 2. The summed E-state index contributed by atoms with van der Waals surface area (Å²) in [5.74, 6) is -0.826. The molecule has 0 atom stereocenters. The molecule has 146 valence electrons. The van der Waals surface area contributed by atoms with Gasteiger partial charge < -0.3 is 5.32 Å². The van der Waals surface area contributed by atoms with E-state index in [-0.39, 0.29) is 5.70 Å². The maximum absolute atomic E-state index is 13.4. The van der Waals surface area contributed by atoms with Crippen molar-refractivity contribution in [3.8, 4) is 6.07 Å². The summed E-state index contributed by atoms with van der Waals surface area (Å²) in [4.78, 5) is 27.9. The molecule has 0 saturated heterocycles. The number of nitriles is 1. The quantitative estimate of drug-likeness (QED) is 0.659. The average molecular weight is 393 g/mol. The molecular weight excluding hydrogens is 374 g/mol. The van der Waals surface area contributed by atoms with Gasteiger partial charge in [-0.25, -0.2) is 4.90 Å². The maximum atomic E-state index is 13.4. The molecule has 0 fully saturated rings. The number of para-hydroxylation sites is 1. The fourth-order valence-corrected chi connectivity index (χ4v) is 3.40. The number of rotatable bonds is 4. The van der Waals surface area contributed by atoms with Crippen molar-refractivity contribution in [2.75, 3.05) is 10.2 Å². The first-order chi connectivity index (χ1) is 14.5. The second-order valence-corrected chi connectivity index (χ2v) is 7.16. The Morgan fingerprint density at radius 2 is 1.50 bits per heavy atom. The summed E-state index contributed by atoms with van der Waals surface area (Å²) in [6, 6.07) is 23.6. The normalized spacial score (nSPS) is 13.6. The number of nitrogens with zero attached hydrogens (tertiary/aromatic N) is 2. The van der Waals surface area contributed by atoms with Gasteiger partial charge in [-0.15, -0.1) is 0 Å². The summed E-state index contributed by atoms with van der Waals surface area (Å²) in [5, 5.41) is 12.2. The summed E-state index contributed by atoms with van der Waals surface area (Å²) in [5.41, 5.74) is 4.91. The van der Waals surface area contributed by atoms with Crippen LogP contribution in [0.15, 0.2) is 78.5 Å². The van der Waals surface area contributed by atoms with Crippen LogP contribution >= 0.6 is 0 Å². The molecule has 0 bridgehead atoms. The minimum atomic E-state index is -0.427. The fourth-order valence-electron chi connectivity index (χ4n) is 3.40. The zero-order valence-electron chi connectivity index (χ0n) is 16.6. The minimum absolute atomic E-state index is 0.238. The van der Waals surface area contributed by atoms with Crippen molar-refractivity contribution in [2.24, 2.45) is 0 Å². The van der Waals surface area contributed by atoms with Gasteiger partial charge in [-0.2, -0.15) is 5.26 Å². The Labute approximate surface area is 174 Å². The molecule has 1 aliphatic rings. The number of anilines is 2. The molecule has 1 aliphatic heterocycles. The van der Waals surface area contributed by atoms with Crippen molar-refractivity contribution in [1.29, 1.82) is 5.26 Å². The minimum Gasteiger partial charge on any atom is -0.350 e. The van der Waals surface area contributed by atoms with Gasteiger partial charge >= 0.3 is 0 Å². The highest BCUT2D eigenvalue weighted by Gasteiger charge is 2.40. The molecule has 1 heterocycles. The monoisotopic (exact) mass is 393 g/mol. The van der Waals surface area contributed by atoms with Crippen LogP contribution in [-0.2, 0) is 9.59 Å². The second-order valence-electron chi connectivity index (χ2n) is 7.16. The molecule has 2 amide bonds. The highest BCUT2D eigenvalue weighted by atomic mass is 16.2. The Morgan fingerprint density at radius 3 is 2.13 bits per heavy atom. The number of carbonyl (C=O) groups is 2. The Balaban J connectivity index is 1.82. The zero-order chi connectivity index (χ0) is 21.3. The third-order valence-electron chi connectivity index (χ3n) is 5.08. The van der Waals surface area contributed by atoms with Crippen molar-refractivity contribution in [3.63, 3.8) is 0 Å². The molecule has 5 nitrogen and oxygen atoms in total. The van der Waals surface area contributed by atoms with Crippen molar-refractivity contribution in [3.05, 3.63) is 101 Å². The standard InChI is InChI=1S/C25H19N3O2/c1-16-7-11-19(12-8-16)22-23(27-21-6-4-3-5-17(21)2)25(30)28(24(22)29)20-13-9-18(15-26)10-14-20/h3-14,27H,1-2H3. The van der Waals surface area contributed by atoms with E-state index in [0.29, 0.717) is 22.4 Å². The Hall–Kier alpha value is -4.17. The average Bonchev–Trinajstić information content (AvgIpc) is 3.00.